The summed E-state index contributed by atoms with van der Waals surface area (Å²) in [7, 11) is 0. The molecule has 4 aromatic rings. The van der Waals surface area contributed by atoms with Gasteiger partial charge in [0.1, 0.15) is 17.0 Å². The van der Waals surface area contributed by atoms with Gasteiger partial charge >= 0.3 is 6.36 Å². The molecule has 0 bridgehead atoms. The molecule has 2 heterocycles. The first-order valence-corrected chi connectivity index (χ1v) is 12.4. The van der Waals surface area contributed by atoms with Crippen molar-refractivity contribution in [3.8, 4) is 5.75 Å². The van der Waals surface area contributed by atoms with Gasteiger partial charge in [0.05, 0.1) is 18.3 Å². The number of halogens is 3. The SMILES string of the molecule is CCC(c1nc2onc(C)c2c(=O)n1Cc1ccccc1)N(CCCN)C(=O)c1ccc(OC(F)(F)F)cc1. The first-order chi connectivity index (χ1) is 18.6. The molecule has 2 aromatic heterocycles. The van der Waals surface area contributed by atoms with Crippen LogP contribution in [-0.4, -0.2) is 45.0 Å². The third-order valence-electron chi connectivity index (χ3n) is 6.24. The first kappa shape index (κ1) is 27.8. The van der Waals surface area contributed by atoms with Crippen LogP contribution in [0.3, 0.4) is 0 Å². The highest BCUT2D eigenvalue weighted by Gasteiger charge is 2.32. The zero-order valence-electron chi connectivity index (χ0n) is 21.4. The number of nitrogens with zero attached hydrogens (tertiary/aromatic N) is 4. The van der Waals surface area contributed by atoms with E-state index in [1.807, 2.05) is 37.3 Å². The molecule has 4 rings (SSSR count). The average molecular weight is 544 g/mol. The molecule has 1 unspecified atom stereocenters. The molecule has 0 aliphatic rings. The predicted octanol–water partition coefficient (Wildman–Crippen LogP) is 4.58. The standard InChI is InChI=1S/C27H28F3N5O4/c1-3-21(34(15-7-14-31)25(36)19-10-12-20(13-11-19)38-27(28,29)30)23-32-24-22(17(2)33-39-24)26(37)35(23)16-18-8-5-4-6-9-18/h4-6,8-13,21H,3,7,14-16,31H2,1-2H3. The maximum absolute atomic E-state index is 13.7. The van der Waals surface area contributed by atoms with Crippen molar-refractivity contribution >= 4 is 17.0 Å². The highest BCUT2D eigenvalue weighted by molar-refractivity contribution is 5.94. The summed E-state index contributed by atoms with van der Waals surface area (Å²) in [5, 5.41) is 4.16. The molecule has 1 amide bonds. The number of amides is 1. The minimum atomic E-state index is -4.85. The summed E-state index contributed by atoms with van der Waals surface area (Å²) in [6, 6.07) is 13.3. The van der Waals surface area contributed by atoms with E-state index in [4.69, 9.17) is 10.3 Å². The lowest BCUT2D eigenvalue weighted by molar-refractivity contribution is -0.274. The van der Waals surface area contributed by atoms with E-state index in [1.54, 1.807) is 6.92 Å². The Balaban J connectivity index is 1.79. The third kappa shape index (κ3) is 6.28. The maximum atomic E-state index is 13.7. The second kappa shape index (κ2) is 11.7. The molecule has 0 saturated heterocycles. The number of rotatable bonds is 10. The Morgan fingerprint density at radius 2 is 1.85 bits per heavy atom. The third-order valence-corrected chi connectivity index (χ3v) is 6.24. The van der Waals surface area contributed by atoms with E-state index in [-0.39, 0.29) is 35.3 Å². The van der Waals surface area contributed by atoms with E-state index in [0.29, 0.717) is 30.9 Å². The van der Waals surface area contributed by atoms with E-state index >= 15 is 0 Å². The van der Waals surface area contributed by atoms with Crippen molar-refractivity contribution in [3.63, 3.8) is 0 Å². The van der Waals surface area contributed by atoms with Gasteiger partial charge in [-0.3, -0.25) is 14.2 Å². The summed E-state index contributed by atoms with van der Waals surface area (Å²) in [5.74, 6) is -0.593. The number of hydrogen-bond acceptors (Lipinski definition) is 7. The van der Waals surface area contributed by atoms with Gasteiger partial charge < -0.3 is 19.9 Å². The zero-order chi connectivity index (χ0) is 28.2. The van der Waals surface area contributed by atoms with Gasteiger partial charge in [0.15, 0.2) is 0 Å². The molecular formula is C27H28F3N5O4. The van der Waals surface area contributed by atoms with E-state index in [1.165, 1.54) is 21.6 Å². The van der Waals surface area contributed by atoms with Crippen LogP contribution in [0.1, 0.15) is 53.2 Å². The summed E-state index contributed by atoms with van der Waals surface area (Å²) in [5.41, 5.74) is 6.87. The number of hydrogen-bond donors (Lipinski definition) is 1. The molecule has 0 aliphatic heterocycles. The summed E-state index contributed by atoms with van der Waals surface area (Å²) in [6.45, 7) is 4.22. The number of fused-ring (bicyclic) bond motifs is 1. The fourth-order valence-electron chi connectivity index (χ4n) is 4.42. The summed E-state index contributed by atoms with van der Waals surface area (Å²) in [4.78, 5) is 33.6. The molecule has 0 aliphatic carbocycles. The van der Waals surface area contributed by atoms with E-state index in [0.717, 1.165) is 17.7 Å². The van der Waals surface area contributed by atoms with Gasteiger partial charge in [-0.1, -0.05) is 42.4 Å². The van der Waals surface area contributed by atoms with E-state index in [9.17, 15) is 22.8 Å². The Kier molecular flexibility index (Phi) is 8.34. The van der Waals surface area contributed by atoms with Crippen LogP contribution in [0.15, 0.2) is 63.9 Å². The summed E-state index contributed by atoms with van der Waals surface area (Å²) in [6.07, 6.45) is -4.02. The Morgan fingerprint density at radius 1 is 1.15 bits per heavy atom. The maximum Gasteiger partial charge on any atom is 0.573 e. The topological polar surface area (TPSA) is 116 Å². The van der Waals surface area contributed by atoms with Crippen molar-refractivity contribution in [2.45, 2.75) is 45.6 Å². The Bertz CT molecular complexity index is 1480. The number of alkyl halides is 3. The summed E-state index contributed by atoms with van der Waals surface area (Å²) >= 11 is 0. The molecule has 0 radical (unpaired) electrons. The molecule has 12 heteroatoms. The lowest BCUT2D eigenvalue weighted by atomic mass is 10.1. The van der Waals surface area contributed by atoms with Crippen LogP contribution >= 0.6 is 0 Å². The van der Waals surface area contributed by atoms with E-state index < -0.39 is 24.1 Å². The smallest absolute Gasteiger partial charge is 0.406 e. The number of aromatic nitrogens is 3. The van der Waals surface area contributed by atoms with Gasteiger partial charge in [0.25, 0.3) is 17.2 Å². The molecule has 2 N–H and O–H groups in total. The van der Waals surface area contributed by atoms with Gasteiger partial charge in [-0.25, -0.2) is 0 Å². The monoisotopic (exact) mass is 543 g/mol. The van der Waals surface area contributed by atoms with Gasteiger partial charge in [0, 0.05) is 12.1 Å². The Labute approximate surface area is 222 Å². The molecular weight excluding hydrogens is 515 g/mol. The van der Waals surface area contributed by atoms with E-state index in [2.05, 4.69) is 14.9 Å². The van der Waals surface area contributed by atoms with Gasteiger partial charge in [-0.2, -0.15) is 4.98 Å². The summed E-state index contributed by atoms with van der Waals surface area (Å²) < 4.78 is 48.5. The first-order valence-electron chi connectivity index (χ1n) is 12.4. The molecule has 39 heavy (non-hydrogen) atoms. The van der Waals surface area contributed by atoms with Crippen molar-refractivity contribution < 1.29 is 27.2 Å². The highest BCUT2D eigenvalue weighted by Crippen LogP contribution is 2.28. The van der Waals surface area contributed by atoms with Crippen LogP contribution in [0, 0.1) is 6.92 Å². The lowest BCUT2D eigenvalue weighted by Gasteiger charge is -2.32. The van der Waals surface area contributed by atoms with Gasteiger partial charge in [-0.05, 0) is 56.1 Å². The zero-order valence-corrected chi connectivity index (χ0v) is 21.4. The van der Waals surface area contributed by atoms with Crippen LogP contribution < -0.4 is 16.0 Å². The quantitative estimate of drug-likeness (QED) is 0.311. The minimum Gasteiger partial charge on any atom is -0.406 e. The number of ether oxygens (including phenoxy) is 1. The fraction of sp³-hybridized carbons (Fsp3) is 0.333. The van der Waals surface area contributed by atoms with Crippen molar-refractivity contribution in [3.05, 3.63) is 87.6 Å². The van der Waals surface area contributed by atoms with Crippen LogP contribution in [0.4, 0.5) is 13.2 Å². The largest absolute Gasteiger partial charge is 0.573 e. The van der Waals surface area contributed by atoms with Crippen LogP contribution in [0.2, 0.25) is 0 Å². The normalized spacial score (nSPS) is 12.5. The number of nitrogens with two attached hydrogens (primary N) is 1. The predicted molar refractivity (Wildman–Crippen MR) is 137 cm³/mol. The number of aryl methyl sites for hydroxylation is 1. The molecule has 0 fully saturated rings. The second-order valence-corrected chi connectivity index (χ2v) is 8.93. The number of benzene rings is 2. The van der Waals surface area contributed by atoms with Crippen molar-refractivity contribution in [2.75, 3.05) is 13.1 Å². The molecule has 0 spiro atoms. The molecule has 2 aromatic carbocycles. The molecule has 206 valence electrons. The average Bonchev–Trinajstić information content (AvgIpc) is 3.28. The van der Waals surface area contributed by atoms with Gasteiger partial charge in [-0.15, -0.1) is 13.2 Å². The minimum absolute atomic E-state index is 0.0649. The molecule has 1 atom stereocenters. The molecule has 9 nitrogen and oxygen atoms in total. The fourth-order valence-corrected chi connectivity index (χ4v) is 4.42. The number of carbonyl (C=O) groups excluding carboxylic acids is 1. The van der Waals surface area contributed by atoms with Crippen molar-refractivity contribution in [1.29, 1.82) is 0 Å². The Hall–Kier alpha value is -4.19. The number of carbonyl (C=O) groups is 1. The van der Waals surface area contributed by atoms with Crippen LogP contribution in [-0.2, 0) is 6.54 Å². The highest BCUT2D eigenvalue weighted by atomic mass is 19.4. The van der Waals surface area contributed by atoms with Crippen LogP contribution in [0.5, 0.6) is 5.75 Å². The lowest BCUT2D eigenvalue weighted by Crippen LogP contribution is -2.40. The van der Waals surface area contributed by atoms with Crippen LogP contribution in [0.25, 0.3) is 11.1 Å². The Morgan fingerprint density at radius 3 is 2.46 bits per heavy atom. The van der Waals surface area contributed by atoms with Crippen molar-refractivity contribution in [2.24, 2.45) is 5.73 Å². The molecule has 0 saturated carbocycles. The van der Waals surface area contributed by atoms with Crippen molar-refractivity contribution in [1.82, 2.24) is 19.6 Å². The van der Waals surface area contributed by atoms with Gasteiger partial charge in [0.2, 0.25) is 0 Å². The second-order valence-electron chi connectivity index (χ2n) is 8.93.